The van der Waals surface area contributed by atoms with E-state index < -0.39 is 28.0 Å². The van der Waals surface area contributed by atoms with E-state index in [0.717, 1.165) is 29.5 Å². The summed E-state index contributed by atoms with van der Waals surface area (Å²) in [4.78, 5) is 14.8. The molecule has 0 saturated carbocycles. The van der Waals surface area contributed by atoms with Gasteiger partial charge in [0.2, 0.25) is 0 Å². The largest absolute Gasteiger partial charge is 0.598 e. The predicted molar refractivity (Wildman–Crippen MR) is 141 cm³/mol. The molecule has 2 aliphatic rings. The lowest BCUT2D eigenvalue weighted by Gasteiger charge is -2.38. The van der Waals surface area contributed by atoms with Crippen LogP contribution in [0.4, 0.5) is 0 Å². The molecule has 0 bridgehead atoms. The van der Waals surface area contributed by atoms with E-state index >= 15 is 0 Å². The molecule has 1 aromatic carbocycles. The minimum Gasteiger partial charge on any atom is -0.598 e. The van der Waals surface area contributed by atoms with Gasteiger partial charge in [0.25, 0.3) is 5.91 Å². The third-order valence-electron chi connectivity index (χ3n) is 6.51. The summed E-state index contributed by atoms with van der Waals surface area (Å²) in [6.45, 7) is 16.8. The van der Waals surface area contributed by atoms with Crippen LogP contribution in [0.15, 0.2) is 18.7 Å². The number of nitrogens with one attached hydrogen (secondary N) is 1. The summed E-state index contributed by atoms with van der Waals surface area (Å²) in [7, 11) is 1.62. The standard InChI is InChI=1S/C26H39ClN2O5S/c1-16(2)18-14-21(32-8)19(13-20(18)27)23(28-35(31)25(3,4)5)17-9-11-29(12-10-17)24(30)22-15-33-26(6,7)34-22/h13-14,17,22-23,28H,1,9-12,15H2,2-8H3/t22-,23?,35?/m1/s1. The Bertz CT molecular complexity index is 940. The van der Waals surface area contributed by atoms with Gasteiger partial charge in [-0.25, -0.2) is 0 Å². The second-order valence-electron chi connectivity index (χ2n) is 10.8. The summed E-state index contributed by atoms with van der Waals surface area (Å²) < 4.78 is 33.2. The monoisotopic (exact) mass is 526 g/mol. The fourth-order valence-electron chi connectivity index (χ4n) is 4.49. The minimum atomic E-state index is -1.31. The number of likely N-dealkylation sites (tertiary alicyclic amines) is 1. The van der Waals surface area contributed by atoms with Crippen molar-refractivity contribution >= 4 is 34.4 Å². The number of halogens is 1. The molecule has 1 amide bonds. The Morgan fingerprint density at radius 3 is 2.46 bits per heavy atom. The van der Waals surface area contributed by atoms with Crippen molar-refractivity contribution in [1.82, 2.24) is 9.62 Å². The first-order chi connectivity index (χ1) is 16.2. The summed E-state index contributed by atoms with van der Waals surface area (Å²) in [6, 6.07) is 3.53. The Hall–Kier alpha value is -1.29. The normalized spacial score (nSPS) is 22.7. The number of benzene rings is 1. The Balaban J connectivity index is 1.83. The van der Waals surface area contributed by atoms with Crippen LogP contribution >= 0.6 is 11.6 Å². The van der Waals surface area contributed by atoms with E-state index in [0.29, 0.717) is 23.9 Å². The fourth-order valence-corrected chi connectivity index (χ4v) is 5.72. The molecule has 1 aromatic rings. The van der Waals surface area contributed by atoms with Gasteiger partial charge in [-0.05, 0) is 83.6 Å². The van der Waals surface area contributed by atoms with Crippen molar-refractivity contribution in [2.45, 2.75) is 77.1 Å². The number of ether oxygens (including phenoxy) is 3. The van der Waals surface area contributed by atoms with Crippen molar-refractivity contribution < 1.29 is 23.6 Å². The Morgan fingerprint density at radius 2 is 1.97 bits per heavy atom. The zero-order valence-electron chi connectivity index (χ0n) is 21.9. The van der Waals surface area contributed by atoms with Crippen LogP contribution in [0.1, 0.15) is 71.6 Å². The van der Waals surface area contributed by atoms with Gasteiger partial charge in [-0.2, -0.15) is 0 Å². The van der Waals surface area contributed by atoms with Crippen LogP contribution in [0.5, 0.6) is 5.75 Å². The van der Waals surface area contributed by atoms with Gasteiger partial charge in [0.15, 0.2) is 11.9 Å². The molecule has 7 nitrogen and oxygen atoms in total. The smallest absolute Gasteiger partial charge is 0.254 e. The van der Waals surface area contributed by atoms with Crippen LogP contribution in [0.25, 0.3) is 5.57 Å². The molecule has 0 aromatic heterocycles. The van der Waals surface area contributed by atoms with Crippen molar-refractivity contribution in [3.63, 3.8) is 0 Å². The van der Waals surface area contributed by atoms with Crippen LogP contribution in [0, 0.1) is 5.92 Å². The van der Waals surface area contributed by atoms with Gasteiger partial charge in [0.05, 0.1) is 19.8 Å². The third-order valence-corrected chi connectivity index (χ3v) is 8.40. The molecule has 0 spiro atoms. The van der Waals surface area contributed by atoms with Crippen LogP contribution in [0.3, 0.4) is 0 Å². The number of piperidine rings is 1. The van der Waals surface area contributed by atoms with Gasteiger partial charge in [0.1, 0.15) is 10.5 Å². The molecule has 0 aliphatic carbocycles. The summed E-state index contributed by atoms with van der Waals surface area (Å²) in [6.07, 6.45) is 0.910. The molecule has 1 N–H and O–H groups in total. The van der Waals surface area contributed by atoms with Gasteiger partial charge in [0, 0.05) is 35.0 Å². The number of amides is 1. The summed E-state index contributed by atoms with van der Waals surface area (Å²) in [5.41, 5.74) is 2.53. The van der Waals surface area contributed by atoms with Crippen LogP contribution in [0.2, 0.25) is 5.02 Å². The molecule has 3 atom stereocenters. The molecule has 196 valence electrons. The number of hydrogen-bond donors (Lipinski definition) is 1. The Morgan fingerprint density at radius 1 is 1.34 bits per heavy atom. The highest BCUT2D eigenvalue weighted by atomic mass is 35.5. The van der Waals surface area contributed by atoms with Gasteiger partial charge >= 0.3 is 0 Å². The number of nitrogens with zero attached hydrogens (tertiary/aromatic N) is 1. The maximum atomic E-state index is 13.2. The quantitative estimate of drug-likeness (QED) is 0.511. The molecule has 3 rings (SSSR count). The Kier molecular flexibility index (Phi) is 8.88. The van der Waals surface area contributed by atoms with Gasteiger partial charge in [-0.1, -0.05) is 18.2 Å². The lowest BCUT2D eigenvalue weighted by molar-refractivity contribution is -0.161. The highest BCUT2D eigenvalue weighted by Gasteiger charge is 2.41. The van der Waals surface area contributed by atoms with Crippen molar-refractivity contribution in [2.24, 2.45) is 5.92 Å². The summed E-state index contributed by atoms with van der Waals surface area (Å²) in [5.74, 6) is 0.0238. The van der Waals surface area contributed by atoms with Crippen LogP contribution in [-0.2, 0) is 25.6 Å². The van der Waals surface area contributed by atoms with Gasteiger partial charge < -0.3 is 23.7 Å². The lowest BCUT2D eigenvalue weighted by Crippen LogP contribution is -2.48. The average Bonchev–Trinajstić information content (AvgIpc) is 3.15. The second-order valence-corrected chi connectivity index (χ2v) is 13.2. The van der Waals surface area contributed by atoms with E-state index in [9.17, 15) is 9.35 Å². The lowest BCUT2D eigenvalue weighted by atomic mass is 9.85. The highest BCUT2D eigenvalue weighted by Crippen LogP contribution is 2.41. The SMILES string of the molecule is C=C(C)c1cc(OC)c(C(N[S+]([O-])C(C)(C)C)C2CCN(C(=O)[C@H]3COC(C)(C)O3)CC2)cc1Cl. The van der Waals surface area contributed by atoms with E-state index in [1.807, 2.05) is 58.6 Å². The molecule has 2 heterocycles. The van der Waals surface area contributed by atoms with E-state index in [-0.39, 0.29) is 24.5 Å². The zero-order valence-corrected chi connectivity index (χ0v) is 23.5. The van der Waals surface area contributed by atoms with Crippen molar-refractivity contribution in [2.75, 3.05) is 26.8 Å². The molecular formula is C26H39ClN2O5S. The molecule has 9 heteroatoms. The van der Waals surface area contributed by atoms with Crippen molar-refractivity contribution in [1.29, 1.82) is 0 Å². The number of rotatable bonds is 7. The van der Waals surface area contributed by atoms with Crippen molar-refractivity contribution in [3.8, 4) is 5.75 Å². The third kappa shape index (κ3) is 6.73. The molecule has 2 aliphatic heterocycles. The molecular weight excluding hydrogens is 488 g/mol. The molecule has 35 heavy (non-hydrogen) atoms. The first-order valence-corrected chi connectivity index (χ1v) is 13.6. The zero-order chi connectivity index (χ0) is 26.1. The second kappa shape index (κ2) is 11.0. The molecule has 2 saturated heterocycles. The molecule has 2 unspecified atom stereocenters. The maximum absolute atomic E-state index is 13.2. The van der Waals surface area contributed by atoms with E-state index in [1.54, 1.807) is 7.11 Å². The van der Waals surface area contributed by atoms with E-state index in [2.05, 4.69) is 11.3 Å². The highest BCUT2D eigenvalue weighted by molar-refractivity contribution is 7.90. The van der Waals surface area contributed by atoms with E-state index in [4.69, 9.17) is 25.8 Å². The average molecular weight is 527 g/mol. The van der Waals surface area contributed by atoms with Gasteiger partial charge in [-0.15, -0.1) is 4.72 Å². The predicted octanol–water partition coefficient (Wildman–Crippen LogP) is 4.86. The number of methoxy groups -OCH3 is 1. The fraction of sp³-hybridized carbons (Fsp3) is 0.654. The van der Waals surface area contributed by atoms with E-state index in [1.165, 1.54) is 0 Å². The van der Waals surface area contributed by atoms with Crippen LogP contribution < -0.4 is 9.46 Å². The van der Waals surface area contributed by atoms with Crippen molar-refractivity contribution in [3.05, 3.63) is 34.9 Å². The summed E-state index contributed by atoms with van der Waals surface area (Å²) >= 11 is 5.31. The first-order valence-electron chi connectivity index (χ1n) is 12.1. The first kappa shape index (κ1) is 28.3. The number of hydrogen-bond acceptors (Lipinski definition) is 6. The number of allylic oxidation sites excluding steroid dienone is 1. The minimum absolute atomic E-state index is 0.0387. The van der Waals surface area contributed by atoms with Crippen LogP contribution in [-0.4, -0.2) is 58.8 Å². The van der Waals surface area contributed by atoms with Gasteiger partial charge in [-0.3, -0.25) is 4.79 Å². The molecule has 2 fully saturated rings. The maximum Gasteiger partial charge on any atom is 0.254 e. The number of carbonyl (C=O) groups is 1. The number of carbonyl (C=O) groups excluding carboxylic acids is 1. The topological polar surface area (TPSA) is 83.1 Å². The Labute approximate surface area is 217 Å². The molecule has 0 radical (unpaired) electrons. The summed E-state index contributed by atoms with van der Waals surface area (Å²) in [5, 5.41) is 0.579.